The van der Waals surface area contributed by atoms with E-state index in [1.807, 2.05) is 86.6 Å². The number of rotatable bonds is 19. The number of hydrogen-bond acceptors (Lipinski definition) is 6. The Morgan fingerprint density at radius 3 is 2.04 bits per heavy atom. The Morgan fingerprint density at radius 1 is 1.07 bits per heavy atom. The number of carbonyl (C=O) groups is 4. The third-order valence-corrected chi connectivity index (χ3v) is 7.29. The second-order valence-electron chi connectivity index (χ2n) is 13.0. The highest BCUT2D eigenvalue weighted by Crippen LogP contribution is 2.42. The standard InChI is InChI=1S/C35H55NO5.C2H4O.C2H6.H2/c1-12-15-17-28(13-2)32(26(6)27(7)38)41-35(10,11)22-31(30(14-3)29-18-19-29)36(24-37)21-16-20-34(8,9)33(39)40-23-25(4)5;1-2-3;1-2;/h13-15,17,24-25,29H,3,12,16,18-23H2,1-2,4-11H3;2H,1H3;1-2H3;1H/b17-15-,28-13+,31-30-,32-26+;;;. The Balaban J connectivity index is -0.00000304. The second kappa shape index (κ2) is 23.2. The van der Waals surface area contributed by atoms with E-state index >= 15 is 0 Å². The largest absolute Gasteiger partial charge is 0.486 e. The molecule has 0 unspecified atom stereocenters. The minimum absolute atomic E-state index is 0. The predicted molar refractivity (Wildman–Crippen MR) is 193 cm³/mol. The van der Waals surface area contributed by atoms with Crippen molar-refractivity contribution in [1.82, 2.24) is 4.90 Å². The van der Waals surface area contributed by atoms with Gasteiger partial charge in [-0.25, -0.2) is 0 Å². The monoisotopic (exact) mass is 645 g/mol. The third-order valence-electron chi connectivity index (χ3n) is 7.29. The number of ether oxygens (including phenoxy) is 2. The number of aldehydes is 1. The van der Waals surface area contributed by atoms with Crippen molar-refractivity contribution in [3.05, 3.63) is 59.1 Å². The normalized spacial score (nSPS) is 14.5. The molecule has 1 saturated carbocycles. The van der Waals surface area contributed by atoms with Crippen molar-refractivity contribution in [1.29, 1.82) is 0 Å². The first-order valence-corrected chi connectivity index (χ1v) is 16.9. The van der Waals surface area contributed by atoms with E-state index in [9.17, 15) is 14.4 Å². The molecule has 7 heteroatoms. The van der Waals surface area contributed by atoms with Crippen molar-refractivity contribution in [3.8, 4) is 0 Å². The first-order chi connectivity index (χ1) is 21.5. The van der Waals surface area contributed by atoms with Crippen LogP contribution in [0.5, 0.6) is 0 Å². The van der Waals surface area contributed by atoms with Gasteiger partial charge in [-0.15, -0.1) is 0 Å². The van der Waals surface area contributed by atoms with Crippen LogP contribution in [0.15, 0.2) is 59.1 Å². The number of hydrogen-bond donors (Lipinski definition) is 0. The molecule has 0 atom stereocenters. The van der Waals surface area contributed by atoms with Gasteiger partial charge in [-0.05, 0) is 105 Å². The molecule has 0 saturated heterocycles. The predicted octanol–water partition coefficient (Wildman–Crippen LogP) is 9.74. The van der Waals surface area contributed by atoms with E-state index in [4.69, 9.17) is 14.3 Å². The third kappa shape index (κ3) is 16.9. The molecular weight excluding hydrogens is 578 g/mol. The molecule has 0 aliphatic heterocycles. The van der Waals surface area contributed by atoms with Gasteiger partial charge < -0.3 is 19.2 Å². The van der Waals surface area contributed by atoms with Crippen LogP contribution in [0.25, 0.3) is 0 Å². The van der Waals surface area contributed by atoms with Crippen LogP contribution in [0.2, 0.25) is 0 Å². The summed E-state index contributed by atoms with van der Waals surface area (Å²) in [6, 6.07) is 0. The average Bonchev–Trinajstić information content (AvgIpc) is 3.84. The van der Waals surface area contributed by atoms with E-state index in [0.717, 1.165) is 48.8 Å². The number of amides is 1. The zero-order chi connectivity index (χ0) is 36.1. The van der Waals surface area contributed by atoms with Gasteiger partial charge in [-0.1, -0.05) is 65.5 Å². The number of allylic oxidation sites excluding steroid dienone is 6. The van der Waals surface area contributed by atoms with Crippen molar-refractivity contribution in [3.63, 3.8) is 0 Å². The molecule has 0 aromatic carbocycles. The maximum Gasteiger partial charge on any atom is 0.311 e. The van der Waals surface area contributed by atoms with Crippen LogP contribution < -0.4 is 0 Å². The molecule has 0 aromatic heterocycles. The van der Waals surface area contributed by atoms with Gasteiger partial charge in [0.25, 0.3) is 0 Å². The van der Waals surface area contributed by atoms with Gasteiger partial charge >= 0.3 is 5.97 Å². The first kappa shape index (κ1) is 44.9. The van der Waals surface area contributed by atoms with E-state index in [-0.39, 0.29) is 19.1 Å². The summed E-state index contributed by atoms with van der Waals surface area (Å²) < 4.78 is 12.1. The zero-order valence-electron chi connectivity index (χ0n) is 31.4. The number of nitrogens with zero attached hydrogens (tertiary/aromatic N) is 1. The minimum Gasteiger partial charge on any atom is -0.486 e. The van der Waals surface area contributed by atoms with Crippen molar-refractivity contribution in [2.75, 3.05) is 13.2 Å². The summed E-state index contributed by atoms with van der Waals surface area (Å²) >= 11 is 0. The summed E-state index contributed by atoms with van der Waals surface area (Å²) in [7, 11) is 0. The molecule has 0 radical (unpaired) electrons. The van der Waals surface area contributed by atoms with Crippen LogP contribution in [0.1, 0.15) is 130 Å². The topological polar surface area (TPSA) is 90.0 Å². The highest BCUT2D eigenvalue weighted by Gasteiger charge is 2.34. The molecule has 1 aliphatic carbocycles. The molecular formula is C39H67NO6. The van der Waals surface area contributed by atoms with Crippen molar-refractivity contribution in [2.45, 2.75) is 134 Å². The molecule has 0 aromatic rings. The lowest BCUT2D eigenvalue weighted by atomic mass is 9.87. The second-order valence-corrected chi connectivity index (χ2v) is 13.0. The summed E-state index contributed by atoms with van der Waals surface area (Å²) in [6.45, 7) is 29.5. The van der Waals surface area contributed by atoms with Gasteiger partial charge in [0.05, 0.1) is 12.0 Å². The van der Waals surface area contributed by atoms with Crippen LogP contribution >= 0.6 is 0 Å². The quantitative estimate of drug-likeness (QED) is 0.0457. The highest BCUT2D eigenvalue weighted by atomic mass is 16.5. The Morgan fingerprint density at radius 2 is 1.63 bits per heavy atom. The molecule has 0 heterocycles. The van der Waals surface area contributed by atoms with Crippen LogP contribution in [-0.2, 0) is 28.7 Å². The molecule has 0 spiro atoms. The van der Waals surface area contributed by atoms with Crippen LogP contribution in [0.3, 0.4) is 0 Å². The molecule has 1 fully saturated rings. The molecule has 1 amide bonds. The van der Waals surface area contributed by atoms with E-state index in [1.165, 1.54) is 6.92 Å². The zero-order valence-corrected chi connectivity index (χ0v) is 31.4. The lowest BCUT2D eigenvalue weighted by Crippen LogP contribution is -2.34. The fourth-order valence-corrected chi connectivity index (χ4v) is 4.54. The maximum atomic E-state index is 12.7. The fourth-order valence-electron chi connectivity index (χ4n) is 4.54. The summed E-state index contributed by atoms with van der Waals surface area (Å²) in [5.74, 6) is 0.941. The molecule has 264 valence electrons. The lowest BCUT2D eigenvalue weighted by Gasteiger charge is -2.34. The van der Waals surface area contributed by atoms with Crippen LogP contribution in [-0.4, -0.2) is 48.1 Å². The van der Waals surface area contributed by atoms with Crippen LogP contribution in [0, 0.1) is 17.3 Å². The Hall–Kier alpha value is -3.22. The molecule has 0 bridgehead atoms. The minimum atomic E-state index is -0.736. The van der Waals surface area contributed by atoms with E-state index in [0.29, 0.717) is 49.7 Å². The van der Waals surface area contributed by atoms with E-state index in [1.54, 1.807) is 18.7 Å². The van der Waals surface area contributed by atoms with E-state index < -0.39 is 11.0 Å². The van der Waals surface area contributed by atoms with Crippen molar-refractivity contribution in [2.24, 2.45) is 17.3 Å². The average molecular weight is 646 g/mol. The molecule has 1 rings (SSSR count). The Bertz CT molecular complexity index is 1110. The summed E-state index contributed by atoms with van der Waals surface area (Å²) in [4.78, 5) is 48.1. The smallest absolute Gasteiger partial charge is 0.311 e. The Kier molecular flexibility index (Phi) is 22.6. The van der Waals surface area contributed by atoms with Gasteiger partial charge in [0, 0.05) is 31.2 Å². The highest BCUT2D eigenvalue weighted by molar-refractivity contribution is 5.94. The van der Waals surface area contributed by atoms with Crippen molar-refractivity contribution < 1.29 is 30.1 Å². The lowest BCUT2D eigenvalue weighted by molar-refractivity contribution is -0.155. The number of carbonyl (C=O) groups excluding carboxylic acids is 4. The van der Waals surface area contributed by atoms with Crippen LogP contribution in [0.4, 0.5) is 0 Å². The van der Waals surface area contributed by atoms with E-state index in [2.05, 4.69) is 13.5 Å². The number of esters is 1. The van der Waals surface area contributed by atoms with Gasteiger partial charge in [0.15, 0.2) is 5.78 Å². The number of ketones is 1. The van der Waals surface area contributed by atoms with Gasteiger partial charge in [0.1, 0.15) is 17.6 Å². The number of Topliss-reactive ketones (excluding diaryl/α,β-unsaturated/α-hetero) is 1. The molecule has 46 heavy (non-hydrogen) atoms. The summed E-state index contributed by atoms with van der Waals surface area (Å²) in [5, 5.41) is 0. The maximum absolute atomic E-state index is 12.7. The fraction of sp³-hybridized carbons (Fsp3) is 0.641. The molecule has 7 nitrogen and oxygen atoms in total. The van der Waals surface area contributed by atoms with Gasteiger partial charge in [-0.2, -0.15) is 0 Å². The molecule has 1 aliphatic rings. The summed E-state index contributed by atoms with van der Waals surface area (Å²) in [6.07, 6.45) is 14.1. The Labute approximate surface area is 282 Å². The first-order valence-electron chi connectivity index (χ1n) is 16.9. The van der Waals surface area contributed by atoms with Crippen molar-refractivity contribution >= 4 is 24.4 Å². The molecule has 0 N–H and O–H groups in total. The SMILES string of the molecule is C=C/C(=C(\CC(C)(C)OC(/C(/C=C\CC)=C/C)=C(\C)C(C)=O)N(C=O)CCCC(C)(C)C(=O)OCC(C)C)C1CC1.CC.CC=O.[HH]. The summed E-state index contributed by atoms with van der Waals surface area (Å²) in [5.41, 5.74) is 1.97. The van der Waals surface area contributed by atoms with Gasteiger partial charge in [0.2, 0.25) is 6.41 Å². The van der Waals surface area contributed by atoms with Gasteiger partial charge in [-0.3, -0.25) is 14.4 Å².